The number of carbonyl (C=O) groups is 2. The number of aryl methyl sites for hydroxylation is 1. The molecule has 0 saturated carbocycles. The lowest BCUT2D eigenvalue weighted by atomic mass is 10.1. The number of anilines is 1. The molecule has 156 valence electrons. The molecule has 9 heteroatoms. The van der Waals surface area contributed by atoms with E-state index in [1.54, 1.807) is 36.1 Å². The van der Waals surface area contributed by atoms with E-state index in [9.17, 15) is 14.4 Å². The van der Waals surface area contributed by atoms with Crippen LogP contribution in [0.3, 0.4) is 0 Å². The maximum absolute atomic E-state index is 13.0. The van der Waals surface area contributed by atoms with E-state index in [2.05, 4.69) is 10.3 Å². The summed E-state index contributed by atoms with van der Waals surface area (Å²) >= 11 is 7.13. The molecule has 2 aromatic heterocycles. The van der Waals surface area contributed by atoms with Crippen molar-refractivity contribution < 1.29 is 9.59 Å². The van der Waals surface area contributed by atoms with Crippen molar-refractivity contribution >= 4 is 50.7 Å². The third kappa shape index (κ3) is 4.11. The van der Waals surface area contributed by atoms with Crippen LogP contribution in [0.5, 0.6) is 0 Å². The number of rotatable bonds is 4. The van der Waals surface area contributed by atoms with Crippen LogP contribution in [-0.2, 0) is 11.3 Å². The summed E-state index contributed by atoms with van der Waals surface area (Å²) < 4.78 is 1.33. The molecule has 3 aromatic rings. The summed E-state index contributed by atoms with van der Waals surface area (Å²) in [6, 6.07) is 6.86. The monoisotopic (exact) mass is 444 g/mol. The zero-order chi connectivity index (χ0) is 21.3. The highest BCUT2D eigenvalue weighted by Gasteiger charge is 2.22. The molecule has 1 N–H and O–H groups in total. The molecule has 0 aliphatic carbocycles. The lowest BCUT2D eigenvalue weighted by Crippen LogP contribution is -2.39. The largest absolute Gasteiger partial charge is 0.341 e. The van der Waals surface area contributed by atoms with Crippen molar-refractivity contribution in [1.82, 2.24) is 14.5 Å². The van der Waals surface area contributed by atoms with Crippen molar-refractivity contribution in [1.29, 1.82) is 0 Å². The molecule has 2 amide bonds. The average Bonchev–Trinajstić information content (AvgIpc) is 3.08. The van der Waals surface area contributed by atoms with Gasteiger partial charge in [-0.3, -0.25) is 19.0 Å². The molecule has 1 saturated heterocycles. The second kappa shape index (κ2) is 8.57. The van der Waals surface area contributed by atoms with Gasteiger partial charge in [0.1, 0.15) is 11.4 Å². The Balaban J connectivity index is 1.60. The number of piperidine rings is 1. The van der Waals surface area contributed by atoms with Gasteiger partial charge >= 0.3 is 0 Å². The Morgan fingerprint density at radius 1 is 1.23 bits per heavy atom. The van der Waals surface area contributed by atoms with E-state index < -0.39 is 0 Å². The van der Waals surface area contributed by atoms with Crippen LogP contribution in [0, 0.1) is 6.92 Å². The lowest BCUT2D eigenvalue weighted by Gasteiger charge is -2.26. The Labute approximate surface area is 182 Å². The van der Waals surface area contributed by atoms with Crippen LogP contribution in [0.15, 0.2) is 35.4 Å². The number of likely N-dealkylation sites (tertiary alicyclic amines) is 1. The number of hydrogen-bond acceptors (Lipinski definition) is 5. The van der Waals surface area contributed by atoms with Crippen LogP contribution in [0.25, 0.3) is 10.2 Å². The highest BCUT2D eigenvalue weighted by molar-refractivity contribution is 7.20. The van der Waals surface area contributed by atoms with Crippen LogP contribution in [0.4, 0.5) is 5.69 Å². The Hall–Kier alpha value is -2.71. The van der Waals surface area contributed by atoms with Crippen LogP contribution in [0.2, 0.25) is 5.02 Å². The molecule has 0 bridgehead atoms. The maximum Gasteiger partial charge on any atom is 0.266 e. The summed E-state index contributed by atoms with van der Waals surface area (Å²) in [4.78, 5) is 45.3. The van der Waals surface area contributed by atoms with Crippen LogP contribution in [0.1, 0.15) is 34.5 Å². The van der Waals surface area contributed by atoms with Crippen molar-refractivity contribution in [2.75, 3.05) is 18.4 Å². The van der Waals surface area contributed by atoms with E-state index in [0.29, 0.717) is 31.4 Å². The number of fused-ring (bicyclic) bond motifs is 1. The lowest BCUT2D eigenvalue weighted by molar-refractivity contribution is -0.132. The zero-order valence-electron chi connectivity index (χ0n) is 16.5. The van der Waals surface area contributed by atoms with Gasteiger partial charge in [0.2, 0.25) is 5.91 Å². The van der Waals surface area contributed by atoms with E-state index in [1.165, 1.54) is 10.9 Å². The van der Waals surface area contributed by atoms with E-state index in [4.69, 9.17) is 11.6 Å². The predicted octanol–water partition coefficient (Wildman–Crippen LogP) is 3.68. The first-order valence-corrected chi connectivity index (χ1v) is 11.0. The minimum Gasteiger partial charge on any atom is -0.341 e. The van der Waals surface area contributed by atoms with E-state index >= 15 is 0 Å². The molecule has 0 spiro atoms. The van der Waals surface area contributed by atoms with E-state index in [-0.39, 0.29) is 23.9 Å². The van der Waals surface area contributed by atoms with E-state index in [1.807, 2.05) is 0 Å². The van der Waals surface area contributed by atoms with Gasteiger partial charge in [0.15, 0.2) is 0 Å². The summed E-state index contributed by atoms with van der Waals surface area (Å²) in [6.45, 7) is 3.15. The molecule has 4 rings (SSSR count). The van der Waals surface area contributed by atoms with Gasteiger partial charge in [-0.25, -0.2) is 4.98 Å². The zero-order valence-corrected chi connectivity index (χ0v) is 18.1. The van der Waals surface area contributed by atoms with Crippen molar-refractivity contribution in [3.63, 3.8) is 0 Å². The van der Waals surface area contributed by atoms with Gasteiger partial charge in [-0.05, 0) is 49.9 Å². The van der Waals surface area contributed by atoms with Crippen molar-refractivity contribution in [2.45, 2.75) is 32.7 Å². The van der Waals surface area contributed by atoms with Gasteiger partial charge in [0.05, 0.1) is 16.6 Å². The SMILES string of the molecule is Cc1c(C(=O)Nc2cccc(Cl)c2)sc2ncn(CC(=O)N3CCCCC3)c(=O)c12. The first-order valence-electron chi connectivity index (χ1n) is 9.77. The molecule has 0 radical (unpaired) electrons. The third-order valence-corrected chi connectivity index (χ3v) is 6.65. The van der Waals surface area contributed by atoms with Crippen molar-refractivity contribution in [2.24, 2.45) is 0 Å². The number of hydrogen-bond donors (Lipinski definition) is 1. The predicted molar refractivity (Wildman–Crippen MR) is 118 cm³/mol. The maximum atomic E-state index is 13.0. The Morgan fingerprint density at radius 2 is 2.00 bits per heavy atom. The molecule has 30 heavy (non-hydrogen) atoms. The number of aromatic nitrogens is 2. The highest BCUT2D eigenvalue weighted by atomic mass is 35.5. The number of amides is 2. The molecule has 7 nitrogen and oxygen atoms in total. The standard InChI is InChI=1S/C21H21ClN4O3S/c1-13-17-20(30-18(13)19(28)24-15-7-5-6-14(22)10-15)23-12-26(21(17)29)11-16(27)25-8-3-2-4-9-25/h5-7,10,12H,2-4,8-9,11H2,1H3,(H,24,28). The third-order valence-electron chi connectivity index (χ3n) is 5.22. The number of halogens is 1. The normalized spacial score (nSPS) is 14.1. The Morgan fingerprint density at radius 3 is 2.73 bits per heavy atom. The van der Waals surface area contributed by atoms with E-state index in [0.717, 1.165) is 43.7 Å². The van der Waals surface area contributed by atoms with Gasteiger partial charge in [-0.2, -0.15) is 0 Å². The quantitative estimate of drug-likeness (QED) is 0.665. The number of thiophene rings is 1. The first kappa shape index (κ1) is 20.6. The average molecular weight is 445 g/mol. The molecule has 0 atom stereocenters. The minimum absolute atomic E-state index is 0.0406. The van der Waals surface area contributed by atoms with Crippen LogP contribution >= 0.6 is 22.9 Å². The van der Waals surface area contributed by atoms with Gasteiger partial charge in [-0.1, -0.05) is 17.7 Å². The second-order valence-electron chi connectivity index (χ2n) is 7.32. The highest BCUT2D eigenvalue weighted by Crippen LogP contribution is 2.28. The molecular weight excluding hydrogens is 424 g/mol. The number of nitrogens with zero attached hydrogens (tertiary/aromatic N) is 3. The fraction of sp³-hybridized carbons (Fsp3) is 0.333. The fourth-order valence-electron chi connectivity index (χ4n) is 3.63. The topological polar surface area (TPSA) is 84.3 Å². The molecule has 1 aliphatic heterocycles. The number of benzene rings is 1. The van der Waals surface area contributed by atoms with Crippen molar-refractivity contribution in [3.05, 3.63) is 56.4 Å². The minimum atomic E-state index is -0.326. The molecule has 1 aromatic carbocycles. The van der Waals surface area contributed by atoms with Gasteiger partial charge in [-0.15, -0.1) is 11.3 Å². The first-order chi connectivity index (χ1) is 14.4. The number of nitrogens with one attached hydrogen (secondary N) is 1. The Bertz CT molecular complexity index is 1180. The molecule has 3 heterocycles. The fourth-order valence-corrected chi connectivity index (χ4v) is 4.86. The van der Waals surface area contributed by atoms with Gasteiger partial charge in [0, 0.05) is 23.8 Å². The molecule has 0 unspecified atom stereocenters. The second-order valence-corrected chi connectivity index (χ2v) is 8.76. The summed E-state index contributed by atoms with van der Waals surface area (Å²) in [5.74, 6) is -0.405. The van der Waals surface area contributed by atoms with Gasteiger partial charge < -0.3 is 10.2 Å². The summed E-state index contributed by atoms with van der Waals surface area (Å²) in [5.41, 5.74) is 0.828. The van der Waals surface area contributed by atoms with Crippen LogP contribution < -0.4 is 10.9 Å². The molecular formula is C21H21ClN4O3S. The van der Waals surface area contributed by atoms with Crippen LogP contribution in [-0.4, -0.2) is 39.4 Å². The molecule has 1 fully saturated rings. The summed E-state index contributed by atoms with van der Waals surface area (Å²) in [5, 5.41) is 3.70. The summed E-state index contributed by atoms with van der Waals surface area (Å²) in [6.07, 6.45) is 4.51. The smallest absolute Gasteiger partial charge is 0.266 e. The summed E-state index contributed by atoms with van der Waals surface area (Å²) in [7, 11) is 0. The van der Waals surface area contributed by atoms with Crippen molar-refractivity contribution in [3.8, 4) is 0 Å². The number of carbonyl (C=O) groups excluding carboxylic acids is 2. The van der Waals surface area contributed by atoms with Gasteiger partial charge in [0.25, 0.3) is 11.5 Å². The Kier molecular flexibility index (Phi) is 5.87. The molecule has 1 aliphatic rings.